The van der Waals surface area contributed by atoms with E-state index in [-0.39, 0.29) is 5.91 Å². The van der Waals surface area contributed by atoms with Crippen molar-refractivity contribution in [2.45, 2.75) is 13.8 Å². The number of carbonyl (C=O) groups excluding carboxylic acids is 1. The highest BCUT2D eigenvalue weighted by molar-refractivity contribution is 6.30. The monoisotopic (exact) mass is 277 g/mol. The molecule has 1 heterocycles. The summed E-state index contributed by atoms with van der Waals surface area (Å²) in [5.41, 5.74) is 0.867. The summed E-state index contributed by atoms with van der Waals surface area (Å²) >= 11 is 5.94. The Balaban J connectivity index is 2.26. The molecule has 0 aliphatic heterocycles. The molecule has 19 heavy (non-hydrogen) atoms. The molecule has 0 aliphatic carbocycles. The summed E-state index contributed by atoms with van der Waals surface area (Å²) in [7, 11) is 0. The maximum Gasteiger partial charge on any atom is 0.289 e. The molecule has 1 amide bonds. The highest BCUT2D eigenvalue weighted by Gasteiger charge is 2.17. The van der Waals surface area contributed by atoms with E-state index in [2.05, 4.69) is 0 Å². The van der Waals surface area contributed by atoms with E-state index in [1.54, 1.807) is 23.1 Å². The van der Waals surface area contributed by atoms with Crippen molar-refractivity contribution in [3.63, 3.8) is 0 Å². The van der Waals surface area contributed by atoms with Gasteiger partial charge < -0.3 is 9.32 Å². The standard InChI is InChI=1S/C15H16ClNO2/c1-3-17(4-2)15(18)14-9-8-13(19-14)11-6-5-7-12(16)10-11/h5-10H,3-4H2,1-2H3. The molecule has 0 unspecified atom stereocenters. The summed E-state index contributed by atoms with van der Waals surface area (Å²) in [6.45, 7) is 5.23. The van der Waals surface area contributed by atoms with E-state index >= 15 is 0 Å². The van der Waals surface area contributed by atoms with E-state index < -0.39 is 0 Å². The third-order valence-corrected chi connectivity index (χ3v) is 3.21. The first kappa shape index (κ1) is 13.7. The smallest absolute Gasteiger partial charge is 0.289 e. The number of rotatable bonds is 4. The molecule has 4 heteroatoms. The minimum absolute atomic E-state index is 0.0849. The zero-order valence-electron chi connectivity index (χ0n) is 11.0. The van der Waals surface area contributed by atoms with Gasteiger partial charge in [-0.05, 0) is 38.1 Å². The highest BCUT2D eigenvalue weighted by atomic mass is 35.5. The van der Waals surface area contributed by atoms with Gasteiger partial charge in [-0.3, -0.25) is 4.79 Å². The number of hydrogen-bond acceptors (Lipinski definition) is 2. The summed E-state index contributed by atoms with van der Waals surface area (Å²) in [5, 5.41) is 0.644. The molecule has 0 N–H and O–H groups in total. The van der Waals surface area contributed by atoms with E-state index in [0.717, 1.165) is 5.56 Å². The van der Waals surface area contributed by atoms with Crippen LogP contribution in [0.3, 0.4) is 0 Å². The first-order valence-electron chi connectivity index (χ1n) is 6.30. The van der Waals surface area contributed by atoms with Gasteiger partial charge in [-0.2, -0.15) is 0 Å². The molecular weight excluding hydrogens is 262 g/mol. The summed E-state index contributed by atoms with van der Waals surface area (Å²) < 4.78 is 5.62. The summed E-state index contributed by atoms with van der Waals surface area (Å²) in [6.07, 6.45) is 0. The van der Waals surface area contributed by atoms with E-state index in [4.69, 9.17) is 16.0 Å². The predicted octanol–water partition coefficient (Wildman–Crippen LogP) is 4.08. The van der Waals surface area contributed by atoms with E-state index in [9.17, 15) is 4.79 Å². The van der Waals surface area contributed by atoms with Crippen molar-refractivity contribution in [3.05, 3.63) is 47.2 Å². The van der Waals surface area contributed by atoms with Crippen LogP contribution in [0.25, 0.3) is 11.3 Å². The molecule has 0 aliphatic rings. The molecule has 0 radical (unpaired) electrons. The van der Waals surface area contributed by atoms with Gasteiger partial charge in [0.25, 0.3) is 5.91 Å². The maximum atomic E-state index is 12.1. The average molecular weight is 278 g/mol. The predicted molar refractivity (Wildman–Crippen MR) is 76.4 cm³/mol. The van der Waals surface area contributed by atoms with Crippen molar-refractivity contribution in [2.24, 2.45) is 0 Å². The molecule has 0 saturated heterocycles. The van der Waals surface area contributed by atoms with Crippen LogP contribution in [-0.4, -0.2) is 23.9 Å². The summed E-state index contributed by atoms with van der Waals surface area (Å²) in [5.74, 6) is 0.926. The third kappa shape index (κ3) is 2.99. The molecule has 0 bridgehead atoms. The van der Waals surface area contributed by atoms with Gasteiger partial charge in [0.1, 0.15) is 5.76 Å². The normalized spacial score (nSPS) is 10.5. The number of halogens is 1. The van der Waals surface area contributed by atoms with Crippen LogP contribution >= 0.6 is 11.6 Å². The number of benzene rings is 1. The fraction of sp³-hybridized carbons (Fsp3) is 0.267. The minimum Gasteiger partial charge on any atom is -0.451 e. The van der Waals surface area contributed by atoms with Crippen molar-refractivity contribution in [2.75, 3.05) is 13.1 Å². The Morgan fingerprint density at radius 2 is 1.95 bits per heavy atom. The van der Waals surface area contributed by atoms with Crippen LogP contribution in [0.5, 0.6) is 0 Å². The fourth-order valence-corrected chi connectivity index (χ4v) is 2.11. The van der Waals surface area contributed by atoms with Crippen molar-refractivity contribution in [1.29, 1.82) is 0 Å². The molecule has 0 atom stereocenters. The molecular formula is C15H16ClNO2. The molecule has 2 aromatic rings. The first-order chi connectivity index (χ1) is 9.15. The van der Waals surface area contributed by atoms with Crippen LogP contribution in [0.4, 0.5) is 0 Å². The molecule has 0 spiro atoms. The lowest BCUT2D eigenvalue weighted by Gasteiger charge is -2.16. The largest absolute Gasteiger partial charge is 0.451 e. The van der Waals surface area contributed by atoms with Gasteiger partial charge in [0.15, 0.2) is 5.76 Å². The van der Waals surface area contributed by atoms with Crippen molar-refractivity contribution in [1.82, 2.24) is 4.90 Å². The number of nitrogens with zero attached hydrogens (tertiary/aromatic N) is 1. The van der Waals surface area contributed by atoms with Crippen molar-refractivity contribution in [3.8, 4) is 11.3 Å². The third-order valence-electron chi connectivity index (χ3n) is 2.98. The van der Waals surface area contributed by atoms with Crippen LogP contribution in [-0.2, 0) is 0 Å². The van der Waals surface area contributed by atoms with Gasteiger partial charge in [-0.15, -0.1) is 0 Å². The number of furan rings is 1. The van der Waals surface area contributed by atoms with Gasteiger partial charge in [0, 0.05) is 23.7 Å². The van der Waals surface area contributed by atoms with Crippen molar-refractivity contribution < 1.29 is 9.21 Å². The Morgan fingerprint density at radius 3 is 2.58 bits per heavy atom. The summed E-state index contributed by atoms with van der Waals surface area (Å²) in [4.78, 5) is 13.8. The van der Waals surface area contributed by atoms with Gasteiger partial charge in [-0.25, -0.2) is 0 Å². The Hall–Kier alpha value is -1.74. The maximum absolute atomic E-state index is 12.1. The number of carbonyl (C=O) groups is 1. The van der Waals surface area contributed by atoms with Crippen LogP contribution in [0.15, 0.2) is 40.8 Å². The molecule has 100 valence electrons. The molecule has 3 nitrogen and oxygen atoms in total. The topological polar surface area (TPSA) is 33.5 Å². The van der Waals surface area contributed by atoms with Crippen LogP contribution in [0.1, 0.15) is 24.4 Å². The molecule has 1 aromatic heterocycles. The van der Waals surface area contributed by atoms with Gasteiger partial charge in [-0.1, -0.05) is 23.7 Å². The quantitative estimate of drug-likeness (QED) is 0.844. The second kappa shape index (κ2) is 5.93. The van der Waals surface area contributed by atoms with E-state index in [0.29, 0.717) is 29.6 Å². The fourth-order valence-electron chi connectivity index (χ4n) is 1.92. The number of hydrogen-bond donors (Lipinski definition) is 0. The first-order valence-corrected chi connectivity index (χ1v) is 6.68. The second-order valence-electron chi connectivity index (χ2n) is 4.15. The number of amides is 1. The Bertz CT molecular complexity index is 573. The van der Waals surface area contributed by atoms with Crippen LogP contribution in [0.2, 0.25) is 5.02 Å². The van der Waals surface area contributed by atoms with Crippen LogP contribution in [0, 0.1) is 0 Å². The lowest BCUT2D eigenvalue weighted by molar-refractivity contribution is 0.0742. The van der Waals surface area contributed by atoms with Gasteiger partial charge >= 0.3 is 0 Å². The summed E-state index contributed by atoms with van der Waals surface area (Å²) in [6, 6.07) is 10.9. The molecule has 0 saturated carbocycles. The van der Waals surface area contributed by atoms with E-state index in [1.165, 1.54) is 0 Å². The van der Waals surface area contributed by atoms with Crippen molar-refractivity contribution >= 4 is 17.5 Å². The molecule has 0 fully saturated rings. The average Bonchev–Trinajstić information content (AvgIpc) is 2.89. The lowest BCUT2D eigenvalue weighted by Crippen LogP contribution is -2.30. The zero-order valence-corrected chi connectivity index (χ0v) is 11.8. The Labute approximate surface area is 117 Å². The minimum atomic E-state index is -0.0849. The van der Waals surface area contributed by atoms with Gasteiger partial charge in [0.05, 0.1) is 0 Å². The zero-order chi connectivity index (χ0) is 13.8. The second-order valence-corrected chi connectivity index (χ2v) is 4.59. The highest BCUT2D eigenvalue weighted by Crippen LogP contribution is 2.25. The Morgan fingerprint density at radius 1 is 1.21 bits per heavy atom. The van der Waals surface area contributed by atoms with Crippen LogP contribution < -0.4 is 0 Å². The Kier molecular flexibility index (Phi) is 4.27. The lowest BCUT2D eigenvalue weighted by atomic mass is 10.2. The van der Waals surface area contributed by atoms with Gasteiger partial charge in [0.2, 0.25) is 0 Å². The molecule has 2 rings (SSSR count). The van der Waals surface area contributed by atoms with E-state index in [1.807, 2.05) is 32.0 Å². The SMILES string of the molecule is CCN(CC)C(=O)c1ccc(-c2cccc(Cl)c2)o1. The molecule has 1 aromatic carbocycles.